The molecule has 1 fully saturated rings. The molecular weight excluding hydrogens is 191 g/mol. The first-order valence-electron chi connectivity index (χ1n) is 4.64. The van der Waals surface area contributed by atoms with Crippen LogP contribution in [0.1, 0.15) is 25.7 Å². The molecule has 0 bridgehead atoms. The fourth-order valence-electron chi connectivity index (χ4n) is 1.69. The van der Waals surface area contributed by atoms with Crippen LogP contribution in [0, 0.1) is 5.92 Å². The highest BCUT2D eigenvalue weighted by Crippen LogP contribution is 2.31. The molecule has 1 N–H and O–H groups in total. The average Bonchev–Trinajstić information content (AvgIpc) is 2.15. The molecule has 0 aromatic heterocycles. The molecule has 4 heteroatoms. The van der Waals surface area contributed by atoms with Gasteiger partial charge in [0.1, 0.15) is 0 Å². The van der Waals surface area contributed by atoms with Crippen LogP contribution in [0.2, 0.25) is 0 Å². The molecule has 0 spiro atoms. The first-order chi connectivity index (χ1) is 6.24. The van der Waals surface area contributed by atoms with Crippen molar-refractivity contribution >= 4 is 17.7 Å². The molecule has 0 aliphatic heterocycles. The van der Waals surface area contributed by atoms with Gasteiger partial charge in [0, 0.05) is 11.0 Å². The zero-order valence-corrected chi connectivity index (χ0v) is 8.36. The van der Waals surface area contributed by atoms with E-state index in [9.17, 15) is 9.18 Å². The lowest BCUT2D eigenvalue weighted by Gasteiger charge is -2.25. The van der Waals surface area contributed by atoms with Gasteiger partial charge in [0.15, 0.2) is 0 Å². The van der Waals surface area contributed by atoms with Crippen molar-refractivity contribution in [2.24, 2.45) is 5.92 Å². The number of aliphatic carboxylic acids is 1. The Bertz CT molecular complexity index is 167. The number of thioether (sulfide) groups is 1. The standard InChI is InChI=1S/C9H15FO2S/c10-5-6-13-8-3-1-7(2-4-8)9(11)12/h7-8H,1-6H2,(H,11,12). The monoisotopic (exact) mass is 206 g/mol. The summed E-state index contributed by atoms with van der Waals surface area (Å²) in [5.41, 5.74) is 0. The molecule has 1 saturated carbocycles. The van der Waals surface area contributed by atoms with Gasteiger partial charge in [0.25, 0.3) is 0 Å². The zero-order valence-electron chi connectivity index (χ0n) is 7.54. The Balaban J connectivity index is 2.18. The first kappa shape index (κ1) is 10.8. The second-order valence-electron chi connectivity index (χ2n) is 3.37. The van der Waals surface area contributed by atoms with E-state index in [1.165, 1.54) is 0 Å². The molecule has 1 aliphatic rings. The number of halogens is 1. The molecule has 0 saturated heterocycles. The molecule has 1 aliphatic carbocycles. The predicted molar refractivity (Wildman–Crippen MR) is 51.8 cm³/mol. The van der Waals surface area contributed by atoms with Gasteiger partial charge in [-0.2, -0.15) is 11.8 Å². The maximum Gasteiger partial charge on any atom is 0.306 e. The van der Waals surface area contributed by atoms with Gasteiger partial charge in [-0.1, -0.05) is 0 Å². The molecule has 76 valence electrons. The molecule has 0 heterocycles. The minimum Gasteiger partial charge on any atom is -0.481 e. The van der Waals surface area contributed by atoms with Crippen LogP contribution in [0.3, 0.4) is 0 Å². The molecule has 13 heavy (non-hydrogen) atoms. The Morgan fingerprint density at radius 2 is 2.00 bits per heavy atom. The molecule has 2 nitrogen and oxygen atoms in total. The van der Waals surface area contributed by atoms with Crippen LogP contribution in [0.15, 0.2) is 0 Å². The van der Waals surface area contributed by atoms with E-state index in [0.717, 1.165) is 25.7 Å². The fourth-order valence-corrected chi connectivity index (χ4v) is 2.72. The van der Waals surface area contributed by atoms with Crippen molar-refractivity contribution in [3.8, 4) is 0 Å². The second-order valence-corrected chi connectivity index (χ2v) is 4.78. The van der Waals surface area contributed by atoms with Gasteiger partial charge in [0.2, 0.25) is 0 Å². The lowest BCUT2D eigenvalue weighted by atomic mass is 9.89. The number of carboxylic acids is 1. The van der Waals surface area contributed by atoms with Gasteiger partial charge in [-0.15, -0.1) is 0 Å². The summed E-state index contributed by atoms with van der Waals surface area (Å²) in [6, 6.07) is 0. The van der Waals surface area contributed by atoms with E-state index in [1.807, 2.05) is 0 Å². The predicted octanol–water partition coefficient (Wildman–Crippen LogP) is 2.33. The van der Waals surface area contributed by atoms with Gasteiger partial charge < -0.3 is 5.11 Å². The maximum atomic E-state index is 11.8. The summed E-state index contributed by atoms with van der Waals surface area (Å²) < 4.78 is 11.8. The van der Waals surface area contributed by atoms with Crippen molar-refractivity contribution in [3.63, 3.8) is 0 Å². The zero-order chi connectivity index (χ0) is 9.68. The third-order valence-corrected chi connectivity index (χ3v) is 3.79. The topological polar surface area (TPSA) is 37.3 Å². The molecule has 0 amide bonds. The summed E-state index contributed by atoms with van der Waals surface area (Å²) in [7, 11) is 0. The number of alkyl halides is 1. The summed E-state index contributed by atoms with van der Waals surface area (Å²) in [4.78, 5) is 10.6. The third-order valence-electron chi connectivity index (χ3n) is 2.45. The number of rotatable bonds is 4. The van der Waals surface area contributed by atoms with E-state index < -0.39 is 5.97 Å². The molecule has 0 radical (unpaired) electrons. The summed E-state index contributed by atoms with van der Waals surface area (Å²) in [5, 5.41) is 9.23. The van der Waals surface area contributed by atoms with Crippen LogP contribution in [0.5, 0.6) is 0 Å². The van der Waals surface area contributed by atoms with Crippen LogP contribution < -0.4 is 0 Å². The Labute approximate surface area is 81.9 Å². The molecule has 0 atom stereocenters. The van der Waals surface area contributed by atoms with Crippen LogP contribution in [0.4, 0.5) is 4.39 Å². The normalized spacial score (nSPS) is 28.7. The van der Waals surface area contributed by atoms with Crippen molar-refractivity contribution in [3.05, 3.63) is 0 Å². The first-order valence-corrected chi connectivity index (χ1v) is 5.69. The van der Waals surface area contributed by atoms with Crippen molar-refractivity contribution in [1.82, 2.24) is 0 Å². The quantitative estimate of drug-likeness (QED) is 0.767. The van der Waals surface area contributed by atoms with Crippen molar-refractivity contribution < 1.29 is 14.3 Å². The smallest absolute Gasteiger partial charge is 0.306 e. The molecule has 0 unspecified atom stereocenters. The van der Waals surface area contributed by atoms with Gasteiger partial charge in [-0.3, -0.25) is 9.18 Å². The Morgan fingerprint density at radius 3 is 2.46 bits per heavy atom. The van der Waals surface area contributed by atoms with Crippen molar-refractivity contribution in [2.45, 2.75) is 30.9 Å². The SMILES string of the molecule is O=C(O)C1CCC(SCCF)CC1. The van der Waals surface area contributed by atoms with E-state index in [0.29, 0.717) is 11.0 Å². The minimum absolute atomic E-state index is 0.151. The highest BCUT2D eigenvalue weighted by Gasteiger charge is 2.25. The Morgan fingerprint density at radius 1 is 1.38 bits per heavy atom. The molecule has 0 aromatic rings. The Kier molecular flexibility index (Phi) is 4.56. The number of hydrogen-bond acceptors (Lipinski definition) is 2. The summed E-state index contributed by atoms with van der Waals surface area (Å²) >= 11 is 1.64. The number of hydrogen-bond donors (Lipinski definition) is 1. The largest absolute Gasteiger partial charge is 0.481 e. The highest BCUT2D eigenvalue weighted by atomic mass is 32.2. The van der Waals surface area contributed by atoms with E-state index in [4.69, 9.17) is 5.11 Å². The van der Waals surface area contributed by atoms with E-state index in [1.54, 1.807) is 11.8 Å². The van der Waals surface area contributed by atoms with Gasteiger partial charge in [-0.05, 0) is 25.7 Å². The van der Waals surface area contributed by atoms with E-state index >= 15 is 0 Å². The van der Waals surface area contributed by atoms with Crippen LogP contribution >= 0.6 is 11.8 Å². The van der Waals surface area contributed by atoms with Crippen LogP contribution in [0.25, 0.3) is 0 Å². The van der Waals surface area contributed by atoms with Gasteiger partial charge >= 0.3 is 5.97 Å². The Hall–Kier alpha value is -0.250. The van der Waals surface area contributed by atoms with Crippen molar-refractivity contribution in [1.29, 1.82) is 0 Å². The molecule has 1 rings (SSSR count). The minimum atomic E-state index is -0.672. The lowest BCUT2D eigenvalue weighted by molar-refractivity contribution is -0.142. The summed E-state index contributed by atoms with van der Waals surface area (Å²) in [6.07, 6.45) is 3.39. The van der Waals surface area contributed by atoms with Crippen LogP contribution in [-0.2, 0) is 4.79 Å². The second kappa shape index (κ2) is 5.47. The maximum absolute atomic E-state index is 11.8. The molecule has 0 aromatic carbocycles. The third kappa shape index (κ3) is 3.55. The number of carboxylic acid groups (broad SMARTS) is 1. The van der Waals surface area contributed by atoms with Gasteiger partial charge in [-0.25, -0.2) is 0 Å². The lowest BCUT2D eigenvalue weighted by Crippen LogP contribution is -2.22. The van der Waals surface area contributed by atoms with E-state index in [2.05, 4.69) is 0 Å². The van der Waals surface area contributed by atoms with Gasteiger partial charge in [0.05, 0.1) is 12.6 Å². The van der Waals surface area contributed by atoms with Crippen LogP contribution in [-0.4, -0.2) is 28.8 Å². The summed E-state index contributed by atoms with van der Waals surface area (Å²) in [5.74, 6) is -0.265. The number of carbonyl (C=O) groups is 1. The van der Waals surface area contributed by atoms with E-state index in [-0.39, 0.29) is 12.6 Å². The summed E-state index contributed by atoms with van der Waals surface area (Å²) in [6.45, 7) is -0.274. The molecular formula is C9H15FO2S. The highest BCUT2D eigenvalue weighted by molar-refractivity contribution is 7.99. The van der Waals surface area contributed by atoms with Crippen molar-refractivity contribution in [2.75, 3.05) is 12.4 Å². The average molecular weight is 206 g/mol. The fraction of sp³-hybridized carbons (Fsp3) is 0.889.